The fourth-order valence-corrected chi connectivity index (χ4v) is 1.27. The fraction of sp³-hybridized carbons (Fsp3) is 0.364. The Morgan fingerprint density at radius 3 is 2.56 bits per heavy atom. The molecule has 1 rings (SSSR count). The molecular weight excluding hydrogens is 216 g/mol. The lowest BCUT2D eigenvalue weighted by atomic mass is 10.1. The topological polar surface area (TPSA) is 29.5 Å². The number of Topliss-reactive ketones (excluding diaryl/α,β-unsaturated/α-hetero) is 1. The van der Waals surface area contributed by atoms with Gasteiger partial charge in [-0.25, -0.2) is 0 Å². The summed E-state index contributed by atoms with van der Waals surface area (Å²) in [4.78, 5) is 13.4. The molecule has 0 spiro atoms. The minimum absolute atomic E-state index is 0.0793. The fourth-order valence-electron chi connectivity index (χ4n) is 1.27. The molecule has 0 radical (unpaired) electrons. The third kappa shape index (κ3) is 3.58. The van der Waals surface area contributed by atoms with Crippen molar-refractivity contribution in [1.29, 1.82) is 0 Å². The van der Waals surface area contributed by atoms with Gasteiger partial charge in [-0.05, 0) is 26.2 Å². The van der Waals surface area contributed by atoms with Gasteiger partial charge < -0.3 is 9.64 Å². The minimum atomic E-state index is -2.92. The van der Waals surface area contributed by atoms with E-state index >= 15 is 0 Å². The lowest BCUT2D eigenvalue weighted by molar-refractivity contribution is -0.0501. The SMILES string of the molecule is CN(C)CC(=O)c1ccccc1OC(F)F. The Hall–Kier alpha value is -1.49. The lowest BCUT2D eigenvalue weighted by Crippen LogP contribution is -2.22. The van der Waals surface area contributed by atoms with Crippen molar-refractivity contribution in [1.82, 2.24) is 4.90 Å². The van der Waals surface area contributed by atoms with E-state index in [1.165, 1.54) is 12.1 Å². The van der Waals surface area contributed by atoms with Crippen molar-refractivity contribution >= 4 is 5.78 Å². The van der Waals surface area contributed by atoms with Crippen molar-refractivity contribution < 1.29 is 18.3 Å². The summed E-state index contributed by atoms with van der Waals surface area (Å²) in [6, 6.07) is 5.99. The maximum Gasteiger partial charge on any atom is 0.387 e. The van der Waals surface area contributed by atoms with Gasteiger partial charge in [-0.2, -0.15) is 8.78 Å². The van der Waals surface area contributed by atoms with E-state index in [1.807, 2.05) is 0 Å². The van der Waals surface area contributed by atoms with Gasteiger partial charge in [0.2, 0.25) is 0 Å². The number of hydrogen-bond acceptors (Lipinski definition) is 3. The van der Waals surface area contributed by atoms with Crippen molar-refractivity contribution in [3.63, 3.8) is 0 Å². The van der Waals surface area contributed by atoms with Gasteiger partial charge in [0.25, 0.3) is 0 Å². The first-order chi connectivity index (χ1) is 7.50. The van der Waals surface area contributed by atoms with E-state index in [0.717, 1.165) is 0 Å². The van der Waals surface area contributed by atoms with E-state index in [9.17, 15) is 13.6 Å². The Morgan fingerprint density at radius 1 is 1.38 bits per heavy atom. The van der Waals surface area contributed by atoms with Gasteiger partial charge in [0, 0.05) is 0 Å². The first kappa shape index (κ1) is 12.6. The Balaban J connectivity index is 2.89. The van der Waals surface area contributed by atoms with Crippen molar-refractivity contribution in [2.24, 2.45) is 0 Å². The molecule has 0 aliphatic heterocycles. The number of halogens is 2. The number of ketones is 1. The van der Waals surface area contributed by atoms with Crippen LogP contribution in [0.1, 0.15) is 10.4 Å². The zero-order valence-corrected chi connectivity index (χ0v) is 9.11. The summed E-state index contributed by atoms with van der Waals surface area (Å²) in [5, 5.41) is 0. The highest BCUT2D eigenvalue weighted by atomic mass is 19.3. The maximum absolute atomic E-state index is 12.1. The van der Waals surface area contributed by atoms with E-state index in [4.69, 9.17) is 0 Å². The number of benzene rings is 1. The second-order valence-electron chi connectivity index (χ2n) is 3.54. The van der Waals surface area contributed by atoms with Crippen LogP contribution in [0.5, 0.6) is 5.75 Å². The summed E-state index contributed by atoms with van der Waals surface area (Å²) < 4.78 is 28.4. The molecule has 1 aromatic rings. The van der Waals surface area contributed by atoms with Gasteiger partial charge in [-0.3, -0.25) is 4.79 Å². The van der Waals surface area contributed by atoms with Crippen LogP contribution in [0.4, 0.5) is 8.78 Å². The number of carbonyl (C=O) groups is 1. The molecule has 0 aliphatic rings. The predicted molar refractivity (Wildman–Crippen MR) is 56.0 cm³/mol. The van der Waals surface area contributed by atoms with Crippen LogP contribution in [0.2, 0.25) is 0 Å². The second-order valence-corrected chi connectivity index (χ2v) is 3.54. The molecule has 1 aromatic carbocycles. The molecule has 88 valence electrons. The van der Waals surface area contributed by atoms with Crippen LogP contribution in [0, 0.1) is 0 Å². The zero-order valence-electron chi connectivity index (χ0n) is 9.11. The van der Waals surface area contributed by atoms with E-state index in [2.05, 4.69) is 4.74 Å². The van der Waals surface area contributed by atoms with Gasteiger partial charge in [-0.1, -0.05) is 12.1 Å². The molecule has 0 atom stereocenters. The number of hydrogen-bond donors (Lipinski definition) is 0. The van der Waals surface area contributed by atoms with Crippen LogP contribution in [-0.2, 0) is 0 Å². The molecule has 0 aliphatic carbocycles. The average molecular weight is 229 g/mol. The van der Waals surface area contributed by atoms with Gasteiger partial charge in [0.1, 0.15) is 5.75 Å². The van der Waals surface area contributed by atoms with Crippen LogP contribution in [0.3, 0.4) is 0 Å². The molecule has 0 amide bonds. The average Bonchev–Trinajstić information content (AvgIpc) is 2.16. The molecule has 0 saturated heterocycles. The summed E-state index contributed by atoms with van der Waals surface area (Å²) in [5.41, 5.74) is 0.177. The summed E-state index contributed by atoms with van der Waals surface area (Å²) >= 11 is 0. The number of likely N-dealkylation sites (N-methyl/N-ethyl adjacent to an activating group) is 1. The maximum atomic E-state index is 12.1. The molecule has 3 nitrogen and oxygen atoms in total. The van der Waals surface area contributed by atoms with E-state index in [-0.39, 0.29) is 23.6 Å². The normalized spacial score (nSPS) is 10.9. The summed E-state index contributed by atoms with van der Waals surface area (Å²) in [5.74, 6) is -0.328. The number of alkyl halides is 2. The van der Waals surface area contributed by atoms with Crippen LogP contribution in [0.15, 0.2) is 24.3 Å². The second kappa shape index (κ2) is 5.55. The quantitative estimate of drug-likeness (QED) is 0.723. The molecule has 0 fully saturated rings. The van der Waals surface area contributed by atoms with Gasteiger partial charge in [-0.15, -0.1) is 0 Å². The molecule has 0 unspecified atom stereocenters. The summed E-state index contributed by atoms with van der Waals surface area (Å²) in [7, 11) is 3.46. The first-order valence-electron chi connectivity index (χ1n) is 4.72. The van der Waals surface area contributed by atoms with Crippen LogP contribution < -0.4 is 4.74 Å². The third-order valence-corrected chi connectivity index (χ3v) is 1.86. The van der Waals surface area contributed by atoms with Gasteiger partial charge in [0.15, 0.2) is 5.78 Å². The van der Waals surface area contributed by atoms with Gasteiger partial charge in [0.05, 0.1) is 12.1 Å². The third-order valence-electron chi connectivity index (χ3n) is 1.86. The molecule has 0 aromatic heterocycles. The van der Waals surface area contributed by atoms with Crippen molar-refractivity contribution in [2.75, 3.05) is 20.6 Å². The predicted octanol–water partition coefficient (Wildman–Crippen LogP) is 2.03. The molecule has 0 bridgehead atoms. The number of ether oxygens (including phenoxy) is 1. The molecule has 0 N–H and O–H groups in total. The summed E-state index contributed by atoms with van der Waals surface area (Å²) in [6.07, 6.45) is 0. The molecule has 0 heterocycles. The monoisotopic (exact) mass is 229 g/mol. The first-order valence-corrected chi connectivity index (χ1v) is 4.72. The number of rotatable bonds is 5. The highest BCUT2D eigenvalue weighted by Gasteiger charge is 2.15. The minimum Gasteiger partial charge on any atom is -0.434 e. The smallest absolute Gasteiger partial charge is 0.387 e. The highest BCUT2D eigenvalue weighted by molar-refractivity contribution is 6.00. The largest absolute Gasteiger partial charge is 0.434 e. The highest BCUT2D eigenvalue weighted by Crippen LogP contribution is 2.20. The van der Waals surface area contributed by atoms with Crippen molar-refractivity contribution in [3.8, 4) is 5.75 Å². The standard InChI is InChI=1S/C11H13F2NO2/c1-14(2)7-9(15)8-5-3-4-6-10(8)16-11(12)13/h3-6,11H,7H2,1-2H3. The van der Waals surface area contributed by atoms with E-state index in [1.54, 1.807) is 31.1 Å². The molecular formula is C11H13F2NO2. The van der Waals surface area contributed by atoms with Crippen molar-refractivity contribution in [3.05, 3.63) is 29.8 Å². The Morgan fingerprint density at radius 2 is 2.00 bits per heavy atom. The van der Waals surface area contributed by atoms with Gasteiger partial charge >= 0.3 is 6.61 Å². The number of nitrogens with zero attached hydrogens (tertiary/aromatic N) is 1. The lowest BCUT2D eigenvalue weighted by Gasteiger charge is -2.12. The Bertz CT molecular complexity index is 367. The molecule has 0 saturated carbocycles. The number of carbonyl (C=O) groups excluding carboxylic acids is 1. The van der Waals surface area contributed by atoms with Crippen LogP contribution in [-0.4, -0.2) is 37.9 Å². The van der Waals surface area contributed by atoms with Crippen LogP contribution >= 0.6 is 0 Å². The zero-order chi connectivity index (χ0) is 12.1. The molecule has 5 heteroatoms. The van der Waals surface area contributed by atoms with E-state index < -0.39 is 6.61 Å². The Labute approximate surface area is 92.6 Å². The Kier molecular flexibility index (Phi) is 4.37. The molecule has 16 heavy (non-hydrogen) atoms. The van der Waals surface area contributed by atoms with E-state index in [0.29, 0.717) is 0 Å². The van der Waals surface area contributed by atoms with Crippen molar-refractivity contribution in [2.45, 2.75) is 6.61 Å². The summed E-state index contributed by atoms with van der Waals surface area (Å²) in [6.45, 7) is -2.77. The van der Waals surface area contributed by atoms with Crippen LogP contribution in [0.25, 0.3) is 0 Å². The number of para-hydroxylation sites is 1.